The van der Waals surface area contributed by atoms with Crippen molar-refractivity contribution >= 4 is 11.6 Å². The molecule has 6 nitrogen and oxygen atoms in total. The Morgan fingerprint density at radius 3 is 3.06 bits per heavy atom. The molecule has 0 unspecified atom stereocenters. The number of hydrogen-bond acceptors (Lipinski definition) is 5. The second-order valence-corrected chi connectivity index (χ2v) is 3.16. The first-order valence-electron chi connectivity index (χ1n) is 4.64. The predicted octanol–water partition coefficient (Wildman–Crippen LogP) is 0.582. The predicted molar refractivity (Wildman–Crippen MR) is 56.3 cm³/mol. The van der Waals surface area contributed by atoms with E-state index >= 15 is 0 Å². The van der Waals surface area contributed by atoms with Crippen molar-refractivity contribution in [3.8, 4) is 0 Å². The van der Waals surface area contributed by atoms with Crippen molar-refractivity contribution < 1.29 is 9.32 Å². The number of nitrogen functional groups attached to an aromatic ring is 1. The number of carbonyl (C=O) groups excluding carboxylic acids is 1. The van der Waals surface area contributed by atoms with Crippen LogP contribution in [0.15, 0.2) is 35.2 Å². The maximum atomic E-state index is 11.6. The largest absolute Gasteiger partial charge is 0.399 e. The molecule has 16 heavy (non-hydrogen) atoms. The van der Waals surface area contributed by atoms with Gasteiger partial charge >= 0.3 is 0 Å². The summed E-state index contributed by atoms with van der Waals surface area (Å²) in [7, 11) is 0. The molecule has 0 saturated heterocycles. The SMILES string of the molecule is Nc1cccc(C(=O)NCc2ncon2)c1. The van der Waals surface area contributed by atoms with Crippen molar-refractivity contribution in [2.75, 3.05) is 5.73 Å². The van der Waals surface area contributed by atoms with Crippen LogP contribution in [0.5, 0.6) is 0 Å². The minimum Gasteiger partial charge on any atom is -0.399 e. The van der Waals surface area contributed by atoms with Crippen molar-refractivity contribution in [3.05, 3.63) is 42.0 Å². The molecule has 0 bridgehead atoms. The molecule has 82 valence electrons. The fourth-order valence-electron chi connectivity index (χ4n) is 1.21. The van der Waals surface area contributed by atoms with E-state index in [9.17, 15) is 4.79 Å². The summed E-state index contributed by atoms with van der Waals surface area (Å²) in [6, 6.07) is 6.72. The Kier molecular flexibility index (Phi) is 2.81. The number of nitrogens with two attached hydrogens (primary N) is 1. The van der Waals surface area contributed by atoms with Gasteiger partial charge in [-0.15, -0.1) is 0 Å². The summed E-state index contributed by atoms with van der Waals surface area (Å²) in [5.74, 6) is 0.203. The highest BCUT2D eigenvalue weighted by Crippen LogP contribution is 2.06. The summed E-state index contributed by atoms with van der Waals surface area (Å²) >= 11 is 0. The van der Waals surface area contributed by atoms with Crippen LogP contribution in [-0.2, 0) is 6.54 Å². The van der Waals surface area contributed by atoms with Crippen LogP contribution in [0.25, 0.3) is 0 Å². The van der Waals surface area contributed by atoms with Crippen LogP contribution in [0.4, 0.5) is 5.69 Å². The van der Waals surface area contributed by atoms with Crippen molar-refractivity contribution in [1.29, 1.82) is 0 Å². The number of nitrogens with zero attached hydrogens (tertiary/aromatic N) is 2. The van der Waals surface area contributed by atoms with Gasteiger partial charge in [0, 0.05) is 11.3 Å². The molecule has 0 atom stereocenters. The van der Waals surface area contributed by atoms with Gasteiger partial charge < -0.3 is 15.6 Å². The molecule has 0 radical (unpaired) electrons. The summed E-state index contributed by atoms with van der Waals surface area (Å²) in [5, 5.41) is 6.22. The number of rotatable bonds is 3. The highest BCUT2D eigenvalue weighted by atomic mass is 16.5. The van der Waals surface area contributed by atoms with Gasteiger partial charge in [0.15, 0.2) is 5.82 Å². The van der Waals surface area contributed by atoms with E-state index in [1.165, 1.54) is 6.39 Å². The average molecular weight is 218 g/mol. The fraction of sp³-hybridized carbons (Fsp3) is 0.100. The fourth-order valence-corrected chi connectivity index (χ4v) is 1.21. The molecule has 1 heterocycles. The second kappa shape index (κ2) is 4.43. The third-order valence-electron chi connectivity index (χ3n) is 1.96. The summed E-state index contributed by atoms with van der Waals surface area (Å²) in [6.45, 7) is 0.226. The molecule has 0 aliphatic carbocycles. The van der Waals surface area contributed by atoms with Gasteiger partial charge in [0.05, 0.1) is 6.54 Å². The number of anilines is 1. The lowest BCUT2D eigenvalue weighted by Gasteiger charge is -2.02. The number of benzene rings is 1. The van der Waals surface area contributed by atoms with Crippen molar-refractivity contribution in [2.24, 2.45) is 0 Å². The number of carbonyl (C=O) groups is 1. The first-order chi connectivity index (χ1) is 7.75. The summed E-state index contributed by atoms with van der Waals surface area (Å²) in [6.07, 6.45) is 1.21. The van der Waals surface area contributed by atoms with E-state index in [2.05, 4.69) is 20.0 Å². The Balaban J connectivity index is 1.98. The molecule has 0 saturated carbocycles. The minimum absolute atomic E-state index is 0.225. The maximum absolute atomic E-state index is 11.6. The van der Waals surface area contributed by atoms with Gasteiger partial charge in [0.2, 0.25) is 6.39 Å². The topological polar surface area (TPSA) is 94.0 Å². The van der Waals surface area contributed by atoms with Gasteiger partial charge in [-0.2, -0.15) is 4.98 Å². The van der Waals surface area contributed by atoms with Gasteiger partial charge in [-0.3, -0.25) is 4.79 Å². The molecular weight excluding hydrogens is 208 g/mol. The first kappa shape index (κ1) is 10.2. The highest BCUT2D eigenvalue weighted by Gasteiger charge is 2.06. The smallest absolute Gasteiger partial charge is 0.251 e. The quantitative estimate of drug-likeness (QED) is 0.735. The lowest BCUT2D eigenvalue weighted by Crippen LogP contribution is -2.23. The van der Waals surface area contributed by atoms with Gasteiger partial charge in [-0.05, 0) is 18.2 Å². The Morgan fingerprint density at radius 2 is 2.38 bits per heavy atom. The van der Waals surface area contributed by atoms with E-state index in [-0.39, 0.29) is 12.5 Å². The zero-order valence-corrected chi connectivity index (χ0v) is 8.38. The van der Waals surface area contributed by atoms with Gasteiger partial charge in [0.25, 0.3) is 5.91 Å². The normalized spacial score (nSPS) is 10.0. The molecule has 1 aromatic heterocycles. The Labute approximate surface area is 91.5 Å². The third-order valence-corrected chi connectivity index (χ3v) is 1.96. The van der Waals surface area contributed by atoms with Gasteiger partial charge in [0.1, 0.15) is 0 Å². The first-order valence-corrected chi connectivity index (χ1v) is 4.64. The molecule has 6 heteroatoms. The minimum atomic E-state index is -0.225. The van der Waals surface area contributed by atoms with Crippen LogP contribution in [0, 0.1) is 0 Å². The van der Waals surface area contributed by atoms with E-state index in [1.54, 1.807) is 24.3 Å². The zero-order chi connectivity index (χ0) is 11.4. The molecule has 0 fully saturated rings. The lowest BCUT2D eigenvalue weighted by atomic mass is 10.2. The third kappa shape index (κ3) is 2.35. The molecule has 1 amide bonds. The molecule has 0 aliphatic rings. The average Bonchev–Trinajstić information content (AvgIpc) is 2.78. The molecule has 0 spiro atoms. The van der Waals surface area contributed by atoms with E-state index in [0.29, 0.717) is 17.1 Å². The maximum Gasteiger partial charge on any atom is 0.251 e. The summed E-state index contributed by atoms with van der Waals surface area (Å²) < 4.78 is 4.54. The lowest BCUT2D eigenvalue weighted by molar-refractivity contribution is 0.0949. The number of aromatic nitrogens is 2. The molecule has 2 rings (SSSR count). The summed E-state index contributed by atoms with van der Waals surface area (Å²) in [5.41, 5.74) is 6.62. The highest BCUT2D eigenvalue weighted by molar-refractivity contribution is 5.94. The molecule has 2 aromatic rings. The monoisotopic (exact) mass is 218 g/mol. The second-order valence-electron chi connectivity index (χ2n) is 3.16. The van der Waals surface area contributed by atoms with Crippen LogP contribution in [0.3, 0.4) is 0 Å². The van der Waals surface area contributed by atoms with E-state index in [4.69, 9.17) is 5.73 Å². The van der Waals surface area contributed by atoms with Crippen LogP contribution >= 0.6 is 0 Å². The van der Waals surface area contributed by atoms with E-state index in [1.807, 2.05) is 0 Å². The van der Waals surface area contributed by atoms with Crippen LogP contribution < -0.4 is 11.1 Å². The van der Waals surface area contributed by atoms with Crippen LogP contribution in [-0.4, -0.2) is 16.0 Å². The van der Waals surface area contributed by atoms with Crippen molar-refractivity contribution in [3.63, 3.8) is 0 Å². The molecule has 3 N–H and O–H groups in total. The van der Waals surface area contributed by atoms with Crippen molar-refractivity contribution in [2.45, 2.75) is 6.54 Å². The summed E-state index contributed by atoms with van der Waals surface area (Å²) in [4.78, 5) is 15.4. The van der Waals surface area contributed by atoms with E-state index in [0.717, 1.165) is 0 Å². The van der Waals surface area contributed by atoms with Gasteiger partial charge in [-0.1, -0.05) is 11.2 Å². The number of nitrogens with one attached hydrogen (secondary N) is 1. The van der Waals surface area contributed by atoms with Crippen LogP contribution in [0.2, 0.25) is 0 Å². The Bertz CT molecular complexity index is 481. The van der Waals surface area contributed by atoms with E-state index < -0.39 is 0 Å². The number of amides is 1. The molecule has 0 aliphatic heterocycles. The zero-order valence-electron chi connectivity index (χ0n) is 8.38. The Morgan fingerprint density at radius 1 is 1.50 bits per heavy atom. The van der Waals surface area contributed by atoms with Crippen LogP contribution in [0.1, 0.15) is 16.2 Å². The Hall–Kier alpha value is -2.37. The standard InChI is InChI=1S/C10H10N4O2/c11-8-3-1-2-7(4-8)10(15)12-5-9-13-6-16-14-9/h1-4,6H,5,11H2,(H,12,15). The molecule has 1 aromatic carbocycles. The van der Waals surface area contributed by atoms with Crippen molar-refractivity contribution in [1.82, 2.24) is 15.5 Å². The van der Waals surface area contributed by atoms with Gasteiger partial charge in [-0.25, -0.2) is 0 Å². The molecular formula is C10H10N4O2. The number of hydrogen-bond donors (Lipinski definition) is 2.